The van der Waals surface area contributed by atoms with Crippen LogP contribution in [0.15, 0.2) is 30.3 Å². The average molecular weight is 382 g/mol. The smallest absolute Gasteiger partial charge is 0.230 e. The van der Waals surface area contributed by atoms with Crippen molar-refractivity contribution >= 4 is 15.9 Å². The topological polar surface area (TPSA) is 78.5 Å². The molecule has 1 fully saturated rings. The van der Waals surface area contributed by atoms with Gasteiger partial charge in [0.2, 0.25) is 15.9 Å². The second-order valence-corrected chi connectivity index (χ2v) is 9.01. The van der Waals surface area contributed by atoms with Gasteiger partial charge in [0.15, 0.2) is 0 Å². The van der Waals surface area contributed by atoms with Gasteiger partial charge in [0.1, 0.15) is 0 Å². The van der Waals surface area contributed by atoms with E-state index in [1.807, 2.05) is 30.3 Å². The highest BCUT2D eigenvalue weighted by atomic mass is 32.2. The van der Waals surface area contributed by atoms with Crippen LogP contribution in [0.1, 0.15) is 38.7 Å². The lowest BCUT2D eigenvalue weighted by atomic mass is 9.72. The number of hydrogen-bond acceptors (Lipinski definition) is 4. The number of nitrogens with one attached hydrogen (secondary N) is 2. The summed E-state index contributed by atoms with van der Waals surface area (Å²) in [5, 5.41) is 6.33. The monoisotopic (exact) mass is 381 g/mol. The Morgan fingerprint density at radius 2 is 1.73 bits per heavy atom. The highest BCUT2D eigenvalue weighted by molar-refractivity contribution is 7.89. The summed E-state index contributed by atoms with van der Waals surface area (Å²) in [5.41, 5.74) is 0.304. The van der Waals surface area contributed by atoms with Gasteiger partial charge in [-0.25, -0.2) is 12.7 Å². The number of piperidine rings is 1. The van der Waals surface area contributed by atoms with Crippen molar-refractivity contribution in [2.45, 2.75) is 38.5 Å². The van der Waals surface area contributed by atoms with Gasteiger partial charge in [-0.05, 0) is 38.3 Å². The van der Waals surface area contributed by atoms with Gasteiger partial charge in [-0.1, -0.05) is 37.3 Å². The number of rotatable bonds is 9. The summed E-state index contributed by atoms with van der Waals surface area (Å²) in [6, 6.07) is 9.74. The normalized spacial score (nSPS) is 17.8. The van der Waals surface area contributed by atoms with Crippen LogP contribution in [0.5, 0.6) is 0 Å². The molecule has 0 aliphatic carbocycles. The fourth-order valence-electron chi connectivity index (χ4n) is 3.47. The minimum absolute atomic E-state index is 0.00413. The molecule has 0 spiro atoms. The van der Waals surface area contributed by atoms with E-state index in [2.05, 4.69) is 17.6 Å². The third-order valence-electron chi connectivity index (χ3n) is 5.11. The van der Waals surface area contributed by atoms with Crippen molar-refractivity contribution in [2.24, 2.45) is 0 Å². The first-order valence-corrected chi connectivity index (χ1v) is 11.1. The van der Waals surface area contributed by atoms with E-state index in [9.17, 15) is 13.2 Å². The van der Waals surface area contributed by atoms with Crippen LogP contribution in [0.3, 0.4) is 0 Å². The lowest BCUT2D eigenvalue weighted by Crippen LogP contribution is -2.53. The Bertz CT molecular complexity index is 669. The lowest BCUT2D eigenvalue weighted by molar-refractivity contribution is -0.128. The molecule has 0 saturated carbocycles. The maximum Gasteiger partial charge on any atom is 0.230 e. The molecule has 0 bridgehead atoms. The van der Waals surface area contributed by atoms with Gasteiger partial charge in [-0.2, -0.15) is 0 Å². The summed E-state index contributed by atoms with van der Waals surface area (Å²) < 4.78 is 25.8. The molecule has 0 aromatic heterocycles. The average Bonchev–Trinajstić information content (AvgIpc) is 2.68. The molecule has 2 N–H and O–H groups in total. The lowest BCUT2D eigenvalue weighted by Gasteiger charge is -2.40. The molecule has 6 nitrogen and oxygen atoms in total. The van der Waals surface area contributed by atoms with E-state index in [0.29, 0.717) is 32.5 Å². The van der Waals surface area contributed by atoms with Crippen LogP contribution < -0.4 is 10.6 Å². The van der Waals surface area contributed by atoms with E-state index in [1.165, 1.54) is 4.31 Å². The van der Waals surface area contributed by atoms with Crippen LogP contribution in [0, 0.1) is 0 Å². The van der Waals surface area contributed by atoms with Crippen molar-refractivity contribution in [1.82, 2.24) is 14.9 Å². The zero-order valence-corrected chi connectivity index (χ0v) is 16.6. The van der Waals surface area contributed by atoms with Crippen molar-refractivity contribution in [1.29, 1.82) is 0 Å². The number of amides is 1. The zero-order chi connectivity index (χ0) is 19.0. The summed E-state index contributed by atoms with van der Waals surface area (Å²) in [6.07, 6.45) is 2.07. The molecule has 1 aliphatic heterocycles. The summed E-state index contributed by atoms with van der Waals surface area (Å²) in [6.45, 7) is 6.77. The van der Waals surface area contributed by atoms with Crippen LogP contribution in [-0.4, -0.2) is 57.1 Å². The summed E-state index contributed by atoms with van der Waals surface area (Å²) >= 11 is 0. The SMILES string of the molecule is CCCNCCNC(=O)C1(c2ccccc2)CCN(S(=O)(=O)CC)CC1. The molecule has 1 aliphatic rings. The molecule has 1 saturated heterocycles. The summed E-state index contributed by atoms with van der Waals surface area (Å²) in [7, 11) is -3.21. The Kier molecular flexibility index (Phi) is 7.61. The quantitative estimate of drug-likeness (QED) is 0.635. The van der Waals surface area contributed by atoms with Gasteiger partial charge < -0.3 is 10.6 Å². The van der Waals surface area contributed by atoms with Crippen LogP contribution in [0.4, 0.5) is 0 Å². The highest BCUT2D eigenvalue weighted by Gasteiger charge is 2.44. The van der Waals surface area contributed by atoms with Crippen molar-refractivity contribution < 1.29 is 13.2 Å². The molecule has 1 aromatic rings. The van der Waals surface area contributed by atoms with Gasteiger partial charge in [-0.3, -0.25) is 4.79 Å². The van der Waals surface area contributed by atoms with E-state index >= 15 is 0 Å². The van der Waals surface area contributed by atoms with Gasteiger partial charge in [-0.15, -0.1) is 0 Å². The fourth-order valence-corrected chi connectivity index (χ4v) is 4.57. The molecule has 0 radical (unpaired) electrons. The molecular weight excluding hydrogens is 350 g/mol. The van der Waals surface area contributed by atoms with Crippen LogP contribution in [0.2, 0.25) is 0 Å². The van der Waals surface area contributed by atoms with Crippen molar-refractivity contribution in [3.05, 3.63) is 35.9 Å². The first-order valence-electron chi connectivity index (χ1n) is 9.48. The maximum atomic E-state index is 13.1. The Balaban J connectivity index is 2.12. The van der Waals surface area contributed by atoms with Crippen LogP contribution in [0.25, 0.3) is 0 Å². The van der Waals surface area contributed by atoms with Gasteiger partial charge in [0, 0.05) is 26.2 Å². The van der Waals surface area contributed by atoms with Gasteiger partial charge in [0.05, 0.1) is 11.2 Å². The summed E-state index contributed by atoms with van der Waals surface area (Å²) in [5.74, 6) is 0.0937. The Labute approximate surface area is 157 Å². The molecule has 7 heteroatoms. The van der Waals surface area contributed by atoms with Crippen molar-refractivity contribution in [3.8, 4) is 0 Å². The molecule has 2 rings (SSSR count). The van der Waals surface area contributed by atoms with E-state index < -0.39 is 15.4 Å². The van der Waals surface area contributed by atoms with Gasteiger partial charge >= 0.3 is 0 Å². The summed E-state index contributed by atoms with van der Waals surface area (Å²) in [4.78, 5) is 13.1. The molecule has 1 heterocycles. The number of carbonyl (C=O) groups excluding carboxylic acids is 1. The molecule has 146 valence electrons. The molecule has 1 amide bonds. The second-order valence-electron chi connectivity index (χ2n) is 6.75. The Hall–Kier alpha value is -1.44. The van der Waals surface area contributed by atoms with Crippen molar-refractivity contribution in [2.75, 3.05) is 38.5 Å². The van der Waals surface area contributed by atoms with E-state index in [0.717, 1.165) is 25.1 Å². The minimum Gasteiger partial charge on any atom is -0.354 e. The predicted octanol–water partition coefficient (Wildman–Crippen LogP) is 1.49. The minimum atomic E-state index is -3.21. The Morgan fingerprint density at radius 1 is 1.08 bits per heavy atom. The van der Waals surface area contributed by atoms with E-state index in [-0.39, 0.29) is 11.7 Å². The number of nitrogens with zero attached hydrogens (tertiary/aromatic N) is 1. The van der Waals surface area contributed by atoms with Gasteiger partial charge in [0.25, 0.3) is 0 Å². The standard InChI is InChI=1S/C19H31N3O3S/c1-3-12-20-13-14-21-18(23)19(17-8-6-5-7-9-17)10-15-22(16-11-19)26(24,25)4-2/h5-9,20H,3-4,10-16H2,1-2H3,(H,21,23). The maximum absolute atomic E-state index is 13.1. The second kappa shape index (κ2) is 9.48. The van der Waals surface area contributed by atoms with Crippen molar-refractivity contribution in [3.63, 3.8) is 0 Å². The number of benzene rings is 1. The third kappa shape index (κ3) is 4.84. The highest BCUT2D eigenvalue weighted by Crippen LogP contribution is 2.36. The largest absolute Gasteiger partial charge is 0.354 e. The Morgan fingerprint density at radius 3 is 2.31 bits per heavy atom. The number of sulfonamides is 1. The molecular formula is C19H31N3O3S. The van der Waals surface area contributed by atoms with E-state index in [1.54, 1.807) is 6.92 Å². The zero-order valence-electron chi connectivity index (χ0n) is 15.8. The first-order chi connectivity index (χ1) is 12.5. The third-order valence-corrected chi connectivity index (χ3v) is 6.99. The first kappa shape index (κ1) is 20.9. The van der Waals surface area contributed by atoms with Crippen LogP contribution in [-0.2, 0) is 20.2 Å². The van der Waals surface area contributed by atoms with E-state index in [4.69, 9.17) is 0 Å². The molecule has 0 unspecified atom stereocenters. The number of carbonyl (C=O) groups is 1. The predicted molar refractivity (Wildman–Crippen MR) is 105 cm³/mol. The van der Waals surface area contributed by atoms with Crippen LogP contribution >= 0.6 is 0 Å². The molecule has 0 atom stereocenters. The number of hydrogen-bond donors (Lipinski definition) is 2. The fraction of sp³-hybridized carbons (Fsp3) is 0.632. The molecule has 26 heavy (non-hydrogen) atoms. The molecule has 1 aromatic carbocycles.